The molecule has 0 unspecified atom stereocenters. The molecular weight excluding hydrogens is 206 g/mol. The van der Waals surface area contributed by atoms with Gasteiger partial charge in [-0.25, -0.2) is 0 Å². The lowest BCUT2D eigenvalue weighted by molar-refractivity contribution is 0.470. The molecule has 1 aliphatic carbocycles. The number of rotatable bonds is 6. The highest BCUT2D eigenvalue weighted by molar-refractivity contribution is 5.21. The van der Waals surface area contributed by atoms with Crippen LogP contribution in [-0.2, 0) is 6.54 Å². The van der Waals surface area contributed by atoms with Gasteiger partial charge in [0.2, 0.25) is 0 Å². The van der Waals surface area contributed by atoms with E-state index in [2.05, 4.69) is 36.5 Å². The van der Waals surface area contributed by atoms with E-state index in [4.69, 9.17) is 0 Å². The van der Waals surface area contributed by atoms with Crippen molar-refractivity contribution in [2.75, 3.05) is 6.54 Å². The van der Waals surface area contributed by atoms with Gasteiger partial charge in [0.05, 0.1) is 0 Å². The van der Waals surface area contributed by atoms with Crippen LogP contribution in [-0.4, -0.2) is 6.54 Å². The Labute approximate surface area is 106 Å². The summed E-state index contributed by atoms with van der Waals surface area (Å²) in [4.78, 5) is 0. The predicted octanol–water partition coefficient (Wildman–Crippen LogP) is 4.06. The molecule has 0 amide bonds. The summed E-state index contributed by atoms with van der Waals surface area (Å²) >= 11 is 0. The Morgan fingerprint density at radius 3 is 2.82 bits per heavy atom. The van der Waals surface area contributed by atoms with Gasteiger partial charge in [-0.2, -0.15) is 0 Å². The topological polar surface area (TPSA) is 12.0 Å². The fourth-order valence-corrected chi connectivity index (χ4v) is 2.87. The Bertz CT molecular complexity index is 326. The van der Waals surface area contributed by atoms with Crippen molar-refractivity contribution in [2.24, 2.45) is 5.92 Å². The molecule has 0 aromatic heterocycles. The maximum atomic E-state index is 3.55. The second-order valence-corrected chi connectivity index (χ2v) is 5.46. The monoisotopic (exact) mass is 231 g/mol. The van der Waals surface area contributed by atoms with Crippen molar-refractivity contribution in [3.8, 4) is 0 Å². The summed E-state index contributed by atoms with van der Waals surface area (Å²) in [6.45, 7) is 4.35. The van der Waals surface area contributed by atoms with Crippen LogP contribution in [0, 0.1) is 12.8 Å². The normalized spacial score (nSPS) is 16.5. The second kappa shape index (κ2) is 6.80. The fourth-order valence-electron chi connectivity index (χ4n) is 2.87. The maximum absolute atomic E-state index is 3.55. The van der Waals surface area contributed by atoms with Crippen molar-refractivity contribution in [1.82, 2.24) is 5.32 Å². The molecule has 1 nitrogen and oxygen atoms in total. The molecule has 0 bridgehead atoms. The fraction of sp³-hybridized carbons (Fsp3) is 0.625. The molecule has 0 aliphatic heterocycles. The highest BCUT2D eigenvalue weighted by Gasteiger charge is 2.13. The van der Waals surface area contributed by atoms with E-state index in [0.717, 1.165) is 12.5 Å². The number of nitrogens with one attached hydrogen (secondary N) is 1. The third kappa shape index (κ3) is 4.51. The van der Waals surface area contributed by atoms with Gasteiger partial charge in [-0.3, -0.25) is 0 Å². The maximum Gasteiger partial charge on any atom is 0.0205 e. The SMILES string of the molecule is Cc1cccc(CNCCCC2CCCC2)c1. The molecule has 0 atom stereocenters. The largest absolute Gasteiger partial charge is 0.313 e. The molecule has 1 saturated carbocycles. The van der Waals surface area contributed by atoms with Gasteiger partial charge in [-0.1, -0.05) is 55.5 Å². The van der Waals surface area contributed by atoms with E-state index in [1.54, 1.807) is 0 Å². The smallest absolute Gasteiger partial charge is 0.0205 e. The summed E-state index contributed by atoms with van der Waals surface area (Å²) in [5, 5.41) is 3.55. The van der Waals surface area contributed by atoms with E-state index in [9.17, 15) is 0 Å². The number of hydrogen-bond acceptors (Lipinski definition) is 1. The molecular formula is C16H25N. The van der Waals surface area contributed by atoms with Crippen LogP contribution in [0.15, 0.2) is 24.3 Å². The first kappa shape index (κ1) is 12.6. The summed E-state index contributed by atoms with van der Waals surface area (Å²) in [5.41, 5.74) is 2.76. The average molecular weight is 231 g/mol. The molecule has 2 rings (SSSR count). The number of aryl methyl sites for hydroxylation is 1. The zero-order chi connectivity index (χ0) is 11.9. The third-order valence-corrected chi connectivity index (χ3v) is 3.85. The van der Waals surface area contributed by atoms with Gasteiger partial charge in [0.1, 0.15) is 0 Å². The molecule has 1 N–H and O–H groups in total. The first-order chi connectivity index (χ1) is 8.34. The van der Waals surface area contributed by atoms with Gasteiger partial charge in [0.25, 0.3) is 0 Å². The van der Waals surface area contributed by atoms with Crippen LogP contribution >= 0.6 is 0 Å². The number of benzene rings is 1. The lowest BCUT2D eigenvalue weighted by Crippen LogP contribution is -2.15. The Morgan fingerprint density at radius 1 is 1.24 bits per heavy atom. The molecule has 0 radical (unpaired) electrons. The first-order valence-electron chi connectivity index (χ1n) is 7.11. The molecule has 0 spiro atoms. The Balaban J connectivity index is 1.56. The van der Waals surface area contributed by atoms with Crippen molar-refractivity contribution < 1.29 is 0 Å². The predicted molar refractivity (Wildman–Crippen MR) is 74.1 cm³/mol. The van der Waals surface area contributed by atoms with E-state index < -0.39 is 0 Å². The molecule has 94 valence electrons. The standard InChI is InChI=1S/C16H25N/c1-14-6-4-9-16(12-14)13-17-11-5-10-15-7-2-3-8-15/h4,6,9,12,15,17H,2-3,5,7-8,10-11,13H2,1H3. The van der Waals surface area contributed by atoms with Crippen molar-refractivity contribution in [2.45, 2.75) is 52.0 Å². The van der Waals surface area contributed by atoms with Crippen LogP contribution < -0.4 is 5.32 Å². The van der Waals surface area contributed by atoms with E-state index >= 15 is 0 Å². The Hall–Kier alpha value is -0.820. The molecule has 0 heterocycles. The summed E-state index contributed by atoms with van der Waals surface area (Å²) in [6.07, 6.45) is 8.69. The van der Waals surface area contributed by atoms with Gasteiger partial charge in [0, 0.05) is 6.54 Å². The highest BCUT2D eigenvalue weighted by atomic mass is 14.8. The van der Waals surface area contributed by atoms with Crippen LogP contribution in [0.5, 0.6) is 0 Å². The van der Waals surface area contributed by atoms with Crippen LogP contribution in [0.2, 0.25) is 0 Å². The van der Waals surface area contributed by atoms with E-state index in [-0.39, 0.29) is 0 Å². The van der Waals surface area contributed by atoms with E-state index in [0.29, 0.717) is 0 Å². The zero-order valence-corrected chi connectivity index (χ0v) is 11.0. The van der Waals surface area contributed by atoms with Crippen molar-refractivity contribution in [3.05, 3.63) is 35.4 Å². The second-order valence-electron chi connectivity index (χ2n) is 5.46. The van der Waals surface area contributed by atoms with Gasteiger partial charge >= 0.3 is 0 Å². The summed E-state index contributed by atoms with van der Waals surface area (Å²) in [6, 6.07) is 8.77. The van der Waals surface area contributed by atoms with Crippen LogP contribution in [0.25, 0.3) is 0 Å². The quantitative estimate of drug-likeness (QED) is 0.728. The van der Waals surface area contributed by atoms with Gasteiger partial charge in [-0.15, -0.1) is 0 Å². The zero-order valence-electron chi connectivity index (χ0n) is 11.0. The van der Waals surface area contributed by atoms with Crippen LogP contribution in [0.1, 0.15) is 49.7 Å². The van der Waals surface area contributed by atoms with Gasteiger partial charge < -0.3 is 5.32 Å². The van der Waals surface area contributed by atoms with Crippen LogP contribution in [0.3, 0.4) is 0 Å². The minimum absolute atomic E-state index is 1.02. The van der Waals surface area contributed by atoms with Gasteiger partial charge in [-0.05, 0) is 37.8 Å². The van der Waals surface area contributed by atoms with E-state index in [1.807, 2.05) is 0 Å². The summed E-state index contributed by atoms with van der Waals surface area (Å²) < 4.78 is 0. The van der Waals surface area contributed by atoms with Gasteiger partial charge in [0.15, 0.2) is 0 Å². The molecule has 1 aromatic carbocycles. The number of hydrogen-bond donors (Lipinski definition) is 1. The highest BCUT2D eigenvalue weighted by Crippen LogP contribution is 2.28. The minimum Gasteiger partial charge on any atom is -0.313 e. The molecule has 1 heteroatoms. The molecule has 1 fully saturated rings. The lowest BCUT2D eigenvalue weighted by Gasteiger charge is -2.09. The molecule has 17 heavy (non-hydrogen) atoms. The molecule has 0 saturated heterocycles. The minimum atomic E-state index is 1.02. The Morgan fingerprint density at radius 2 is 2.06 bits per heavy atom. The lowest BCUT2D eigenvalue weighted by atomic mass is 10.0. The average Bonchev–Trinajstić information content (AvgIpc) is 2.82. The van der Waals surface area contributed by atoms with Crippen molar-refractivity contribution >= 4 is 0 Å². The molecule has 1 aliphatic rings. The van der Waals surface area contributed by atoms with E-state index in [1.165, 1.54) is 56.2 Å². The summed E-state index contributed by atoms with van der Waals surface area (Å²) in [5.74, 6) is 1.04. The van der Waals surface area contributed by atoms with Crippen molar-refractivity contribution in [1.29, 1.82) is 0 Å². The van der Waals surface area contributed by atoms with Crippen molar-refractivity contribution in [3.63, 3.8) is 0 Å². The summed E-state index contributed by atoms with van der Waals surface area (Å²) in [7, 11) is 0. The molecule has 1 aromatic rings. The Kier molecular flexibility index (Phi) is 5.06. The third-order valence-electron chi connectivity index (χ3n) is 3.85. The first-order valence-corrected chi connectivity index (χ1v) is 7.11. The van der Waals surface area contributed by atoms with Crippen LogP contribution in [0.4, 0.5) is 0 Å².